The lowest BCUT2D eigenvalue weighted by Crippen LogP contribution is -2.48. The van der Waals surface area contributed by atoms with Crippen molar-refractivity contribution in [3.05, 3.63) is 0 Å². The van der Waals surface area contributed by atoms with Gasteiger partial charge < -0.3 is 26.6 Å². The number of hydrogen-bond donors (Lipinski definition) is 0. The van der Waals surface area contributed by atoms with Crippen LogP contribution in [0.2, 0.25) is 12.1 Å². The molecule has 194 valence electrons. The third kappa shape index (κ3) is 13.6. The Labute approximate surface area is 215 Å². The van der Waals surface area contributed by atoms with E-state index in [1.54, 1.807) is 0 Å². The summed E-state index contributed by atoms with van der Waals surface area (Å²) < 4.78 is 36.3. The highest BCUT2D eigenvalue weighted by Crippen LogP contribution is 2.50. The lowest BCUT2D eigenvalue weighted by molar-refractivity contribution is 0.0704. The first-order valence-electron chi connectivity index (χ1n) is 11.9. The Balaban J connectivity index is 4.82. The van der Waals surface area contributed by atoms with Gasteiger partial charge in [-0.3, -0.25) is 0 Å². The first-order valence-corrected chi connectivity index (χ1v) is 20.7. The second-order valence-corrected chi connectivity index (χ2v) is 18.5. The Kier molecular flexibility index (Phi) is 21.8. The second kappa shape index (κ2) is 20.8. The fraction of sp³-hybridized carbons (Fsp3) is 1.00. The summed E-state index contributed by atoms with van der Waals surface area (Å²) in [6, 6.07) is 1.68. The largest absolute Gasteiger partial charge is 0.502 e. The third-order valence-electron chi connectivity index (χ3n) is 4.43. The van der Waals surface area contributed by atoms with Crippen LogP contribution in [0.5, 0.6) is 0 Å². The van der Waals surface area contributed by atoms with Crippen LogP contribution < -0.4 is 0 Å². The Hall–Kier alpha value is 1.59. The second-order valence-electron chi connectivity index (χ2n) is 6.76. The summed E-state index contributed by atoms with van der Waals surface area (Å²) in [5.74, 6) is 0. The van der Waals surface area contributed by atoms with E-state index in [1.165, 1.54) is 0 Å². The molecule has 0 aromatic carbocycles. The van der Waals surface area contributed by atoms with Crippen LogP contribution in [0.4, 0.5) is 0 Å². The van der Waals surface area contributed by atoms with Crippen molar-refractivity contribution in [1.29, 1.82) is 0 Å². The monoisotopic (exact) mass is 566 g/mol. The highest BCUT2D eigenvalue weighted by molar-refractivity contribution is 9.26. The van der Waals surface area contributed by atoms with E-state index in [1.807, 2.05) is 82.8 Å². The maximum atomic E-state index is 6.05. The predicted octanol–water partition coefficient (Wildman–Crippen LogP) is 7.32. The van der Waals surface area contributed by atoms with Crippen LogP contribution in [-0.4, -0.2) is 67.8 Å². The van der Waals surface area contributed by atoms with Crippen LogP contribution in [0.1, 0.15) is 68.2 Å². The molecule has 0 N–H and O–H groups in total. The summed E-state index contributed by atoms with van der Waals surface area (Å²) in [5, 5.41) is 0.849. The van der Waals surface area contributed by atoms with Gasteiger partial charge >= 0.3 is 17.6 Å². The molecule has 0 rings (SSSR count). The topological polar surface area (TPSA) is 55.4 Å². The molecule has 0 spiro atoms. The molecular weight excluding hydrogens is 521 g/mol. The highest BCUT2D eigenvalue weighted by atomic mass is 33.7. The number of hydrogen-bond acceptors (Lipinski definition) is 10. The van der Waals surface area contributed by atoms with Crippen LogP contribution in [0, 0.1) is 0 Å². The molecule has 0 radical (unpaired) electrons. The molecule has 0 bridgehead atoms. The fourth-order valence-corrected chi connectivity index (χ4v) is 18.2. The molecule has 0 aliphatic carbocycles. The minimum Gasteiger partial charge on any atom is -0.374 e. The molecule has 12 heteroatoms. The molecule has 0 saturated heterocycles. The molecule has 0 saturated carbocycles. The molecule has 32 heavy (non-hydrogen) atoms. The molecule has 0 aromatic rings. The van der Waals surface area contributed by atoms with Crippen molar-refractivity contribution in [1.82, 2.24) is 0 Å². The van der Waals surface area contributed by atoms with E-state index in [0.717, 1.165) is 24.9 Å². The summed E-state index contributed by atoms with van der Waals surface area (Å²) in [4.78, 5) is 0. The van der Waals surface area contributed by atoms with Crippen molar-refractivity contribution in [2.75, 3.05) is 39.6 Å². The predicted molar refractivity (Wildman–Crippen MR) is 149 cm³/mol. The van der Waals surface area contributed by atoms with E-state index < -0.39 is 17.6 Å². The maximum Gasteiger partial charge on any atom is 0.502 e. The van der Waals surface area contributed by atoms with Gasteiger partial charge in [-0.2, -0.15) is 0 Å². The molecule has 2 atom stereocenters. The van der Waals surface area contributed by atoms with E-state index in [0.29, 0.717) is 50.1 Å². The van der Waals surface area contributed by atoms with Crippen molar-refractivity contribution in [3.8, 4) is 0 Å². The molecule has 0 aliphatic rings. The Morgan fingerprint density at radius 3 is 0.906 bits per heavy atom. The van der Waals surface area contributed by atoms with Crippen LogP contribution in [0.15, 0.2) is 0 Å². The zero-order valence-electron chi connectivity index (χ0n) is 21.3. The van der Waals surface area contributed by atoms with Gasteiger partial charge in [-0.1, -0.05) is 35.4 Å². The minimum atomic E-state index is -2.62. The molecular formula is C20H46O6S4Si2. The van der Waals surface area contributed by atoms with Crippen LogP contribution in [0.25, 0.3) is 0 Å². The summed E-state index contributed by atoms with van der Waals surface area (Å²) >= 11 is 0. The van der Waals surface area contributed by atoms with E-state index in [-0.39, 0.29) is 0 Å². The first kappa shape index (κ1) is 33.6. The Morgan fingerprint density at radius 1 is 0.469 bits per heavy atom. The lowest BCUT2D eigenvalue weighted by Gasteiger charge is -2.31. The maximum absolute atomic E-state index is 6.05. The van der Waals surface area contributed by atoms with Gasteiger partial charge in [0.2, 0.25) is 0 Å². The van der Waals surface area contributed by atoms with Gasteiger partial charge in [-0.05, 0) is 74.0 Å². The van der Waals surface area contributed by atoms with E-state index in [9.17, 15) is 0 Å². The standard InChI is InChI=1S/C20H46O6S4Si2/c1-9-19(17-31(21-11-3,22-12-4)23-13-5)27-29-30-28-20(10-2)18-32(24-14-6,25-15-7)26-16-8/h19-20H,9-18H2,1-8H3. The number of rotatable bonds is 23. The van der Waals surface area contributed by atoms with Crippen LogP contribution in [0.3, 0.4) is 0 Å². The van der Waals surface area contributed by atoms with Crippen LogP contribution in [-0.2, 0) is 26.6 Å². The lowest BCUT2D eigenvalue weighted by atomic mass is 10.4. The molecule has 2 unspecified atom stereocenters. The quantitative estimate of drug-likeness (QED) is 0.0714. The van der Waals surface area contributed by atoms with Crippen molar-refractivity contribution < 1.29 is 26.6 Å². The third-order valence-corrected chi connectivity index (χ3v) is 18.8. The molecule has 0 aromatic heterocycles. The normalized spacial score (nSPS) is 14.6. The zero-order chi connectivity index (χ0) is 24.3. The summed E-state index contributed by atoms with van der Waals surface area (Å²) in [5.41, 5.74) is 0. The molecule has 0 aliphatic heterocycles. The fourth-order valence-electron chi connectivity index (χ4n) is 3.12. The van der Waals surface area contributed by atoms with Gasteiger partial charge in [0.05, 0.1) is 0 Å². The molecule has 0 heterocycles. The van der Waals surface area contributed by atoms with Gasteiger partial charge in [0.25, 0.3) is 0 Å². The first-order chi connectivity index (χ1) is 15.4. The van der Waals surface area contributed by atoms with Gasteiger partial charge in [0.15, 0.2) is 0 Å². The molecule has 0 amide bonds. The van der Waals surface area contributed by atoms with Crippen molar-refractivity contribution in [3.63, 3.8) is 0 Å². The molecule has 0 fully saturated rings. The minimum absolute atomic E-state index is 0.424. The van der Waals surface area contributed by atoms with Gasteiger partial charge in [0, 0.05) is 62.2 Å². The van der Waals surface area contributed by atoms with Crippen LogP contribution >= 0.6 is 41.2 Å². The smallest absolute Gasteiger partial charge is 0.374 e. The highest BCUT2D eigenvalue weighted by Gasteiger charge is 2.44. The van der Waals surface area contributed by atoms with E-state index >= 15 is 0 Å². The van der Waals surface area contributed by atoms with Gasteiger partial charge in [-0.25, -0.2) is 0 Å². The summed E-state index contributed by atoms with van der Waals surface area (Å²) in [6.45, 7) is 20.2. The van der Waals surface area contributed by atoms with E-state index in [2.05, 4.69) is 13.8 Å². The average molecular weight is 567 g/mol. The zero-order valence-corrected chi connectivity index (χ0v) is 26.6. The summed E-state index contributed by atoms with van der Waals surface area (Å²) in [6.07, 6.45) is 2.11. The van der Waals surface area contributed by atoms with Gasteiger partial charge in [0.1, 0.15) is 0 Å². The van der Waals surface area contributed by atoms with Gasteiger partial charge in [-0.15, -0.1) is 0 Å². The Morgan fingerprint density at radius 2 is 0.719 bits per heavy atom. The molecule has 6 nitrogen and oxygen atoms in total. The summed E-state index contributed by atoms with van der Waals surface area (Å²) in [7, 11) is 2.22. The SMILES string of the molecule is CCO[Si](CC(CC)SSSSC(CC)C[Si](OCC)(OCC)OCC)(OCC)OCC. The van der Waals surface area contributed by atoms with Crippen molar-refractivity contribution >= 4 is 58.8 Å². The Bertz CT molecular complexity index is 371. The van der Waals surface area contributed by atoms with Crippen molar-refractivity contribution in [2.24, 2.45) is 0 Å². The average Bonchev–Trinajstić information content (AvgIpc) is 2.76. The van der Waals surface area contributed by atoms with Crippen molar-refractivity contribution in [2.45, 2.75) is 90.8 Å². The van der Waals surface area contributed by atoms with E-state index in [4.69, 9.17) is 26.6 Å².